The fraction of sp³-hybridized carbons (Fsp3) is 0.467. The molecule has 0 aromatic heterocycles. The number of amides is 2. The Balaban J connectivity index is 2.11. The van der Waals surface area contributed by atoms with Crippen LogP contribution in [0.15, 0.2) is 30.3 Å². The summed E-state index contributed by atoms with van der Waals surface area (Å²) in [5.41, 5.74) is 0.691. The number of anilines is 1. The summed E-state index contributed by atoms with van der Waals surface area (Å²) in [6.45, 7) is 1.33. The van der Waals surface area contributed by atoms with Gasteiger partial charge in [-0.15, -0.1) is 0 Å². The molecule has 1 aromatic rings. The molecule has 0 aliphatic carbocycles. The van der Waals surface area contributed by atoms with Crippen molar-refractivity contribution in [2.24, 2.45) is 5.92 Å². The van der Waals surface area contributed by atoms with Gasteiger partial charge in [0, 0.05) is 37.8 Å². The number of carboxylic acid groups (broad SMARTS) is 1. The van der Waals surface area contributed by atoms with E-state index < -0.39 is 5.97 Å². The molecule has 2 amide bonds. The summed E-state index contributed by atoms with van der Waals surface area (Å²) in [6, 6.07) is 8.87. The number of aliphatic hydroxyl groups is 1. The molecule has 1 unspecified atom stereocenters. The fourth-order valence-corrected chi connectivity index (χ4v) is 2.48. The summed E-state index contributed by atoms with van der Waals surface area (Å²) in [4.78, 5) is 26.6. The van der Waals surface area contributed by atoms with Crippen LogP contribution >= 0.6 is 0 Å². The molecule has 1 heterocycles. The molecule has 1 fully saturated rings. The molecular formula is C15H20N2O4. The first-order valence-corrected chi connectivity index (χ1v) is 7.06. The second-order valence-electron chi connectivity index (χ2n) is 5.20. The monoisotopic (exact) mass is 292 g/mol. The molecule has 2 rings (SSSR count). The van der Waals surface area contributed by atoms with Gasteiger partial charge in [-0.2, -0.15) is 0 Å². The van der Waals surface area contributed by atoms with Crippen molar-refractivity contribution in [2.75, 3.05) is 31.1 Å². The second-order valence-corrected chi connectivity index (χ2v) is 5.20. The third-order valence-electron chi connectivity index (χ3n) is 3.66. The number of aliphatic carboxylic acids is 1. The van der Waals surface area contributed by atoms with Crippen LogP contribution < -0.4 is 4.90 Å². The van der Waals surface area contributed by atoms with Crippen molar-refractivity contribution < 1.29 is 19.8 Å². The molecule has 2 N–H and O–H groups in total. The topological polar surface area (TPSA) is 81.1 Å². The number of para-hydroxylation sites is 1. The molecule has 0 bridgehead atoms. The first kappa shape index (κ1) is 15.3. The minimum absolute atomic E-state index is 0.0737. The third-order valence-corrected chi connectivity index (χ3v) is 3.66. The molecular weight excluding hydrogens is 272 g/mol. The zero-order valence-corrected chi connectivity index (χ0v) is 11.8. The van der Waals surface area contributed by atoms with Gasteiger partial charge in [-0.25, -0.2) is 4.79 Å². The van der Waals surface area contributed by atoms with Gasteiger partial charge in [0.25, 0.3) is 0 Å². The predicted octanol–water partition coefficient (Wildman–Crippen LogP) is 1.40. The van der Waals surface area contributed by atoms with E-state index >= 15 is 0 Å². The molecule has 0 spiro atoms. The molecule has 1 aromatic carbocycles. The van der Waals surface area contributed by atoms with Gasteiger partial charge in [-0.05, 0) is 18.6 Å². The minimum atomic E-state index is -0.932. The number of carbonyl (C=O) groups is 2. The largest absolute Gasteiger partial charge is 0.481 e. The Morgan fingerprint density at radius 3 is 2.57 bits per heavy atom. The average Bonchev–Trinajstić information content (AvgIpc) is 2.97. The summed E-state index contributed by atoms with van der Waals surface area (Å²) in [7, 11) is 0. The highest BCUT2D eigenvalue weighted by Crippen LogP contribution is 2.21. The van der Waals surface area contributed by atoms with E-state index in [9.17, 15) is 9.59 Å². The summed E-state index contributed by atoms with van der Waals surface area (Å²) in [6.07, 6.45) is 0.682. The van der Waals surface area contributed by atoms with Gasteiger partial charge in [0.1, 0.15) is 0 Å². The van der Waals surface area contributed by atoms with Crippen LogP contribution in [-0.4, -0.2) is 53.4 Å². The molecule has 0 radical (unpaired) electrons. The summed E-state index contributed by atoms with van der Waals surface area (Å²) >= 11 is 0. The van der Waals surface area contributed by atoms with Crippen molar-refractivity contribution in [3.63, 3.8) is 0 Å². The van der Waals surface area contributed by atoms with E-state index in [1.807, 2.05) is 18.2 Å². The van der Waals surface area contributed by atoms with Crippen LogP contribution in [0.1, 0.15) is 12.8 Å². The van der Waals surface area contributed by atoms with Gasteiger partial charge in [0.2, 0.25) is 0 Å². The van der Waals surface area contributed by atoms with E-state index in [0.717, 1.165) is 6.42 Å². The Morgan fingerprint density at radius 1 is 1.29 bits per heavy atom. The first-order valence-electron chi connectivity index (χ1n) is 7.06. The van der Waals surface area contributed by atoms with E-state index in [1.54, 1.807) is 17.0 Å². The Kier molecular flexibility index (Phi) is 5.16. The normalized spacial score (nSPS) is 17.8. The number of rotatable bonds is 5. The lowest BCUT2D eigenvalue weighted by Gasteiger charge is -2.28. The zero-order chi connectivity index (χ0) is 15.2. The van der Waals surface area contributed by atoms with Crippen molar-refractivity contribution in [1.29, 1.82) is 0 Å². The maximum atomic E-state index is 12.6. The number of likely N-dealkylation sites (tertiary alicyclic amines) is 1. The van der Waals surface area contributed by atoms with E-state index in [1.165, 1.54) is 4.90 Å². The molecule has 6 nitrogen and oxygen atoms in total. The lowest BCUT2D eigenvalue weighted by molar-refractivity contribution is -0.136. The van der Waals surface area contributed by atoms with Gasteiger partial charge in [0.15, 0.2) is 0 Å². The number of carboxylic acids is 1. The average molecular weight is 292 g/mol. The molecule has 1 aliphatic rings. The summed E-state index contributed by atoms with van der Waals surface area (Å²) in [5.74, 6) is -0.815. The van der Waals surface area contributed by atoms with Crippen LogP contribution in [0.3, 0.4) is 0 Å². The van der Waals surface area contributed by atoms with Crippen LogP contribution in [-0.2, 0) is 4.79 Å². The number of hydrogen-bond donors (Lipinski definition) is 2. The molecule has 21 heavy (non-hydrogen) atoms. The highest BCUT2D eigenvalue weighted by atomic mass is 16.4. The van der Waals surface area contributed by atoms with Crippen LogP contribution in [0.5, 0.6) is 0 Å². The fourth-order valence-electron chi connectivity index (χ4n) is 2.48. The van der Waals surface area contributed by atoms with Crippen molar-refractivity contribution in [3.8, 4) is 0 Å². The molecule has 1 saturated heterocycles. The van der Waals surface area contributed by atoms with E-state index in [0.29, 0.717) is 18.8 Å². The van der Waals surface area contributed by atoms with Crippen LogP contribution in [0, 0.1) is 5.92 Å². The number of benzene rings is 1. The van der Waals surface area contributed by atoms with E-state index in [-0.39, 0.29) is 31.5 Å². The van der Waals surface area contributed by atoms with Gasteiger partial charge >= 0.3 is 12.0 Å². The third kappa shape index (κ3) is 3.95. The lowest BCUT2D eigenvalue weighted by atomic mass is 10.1. The minimum Gasteiger partial charge on any atom is -0.481 e. The highest BCUT2D eigenvalue weighted by Gasteiger charge is 2.29. The number of urea groups is 1. The van der Waals surface area contributed by atoms with Crippen molar-refractivity contribution in [1.82, 2.24) is 4.90 Å². The van der Waals surface area contributed by atoms with Gasteiger partial charge in [-0.1, -0.05) is 18.2 Å². The van der Waals surface area contributed by atoms with Gasteiger partial charge < -0.3 is 15.1 Å². The number of nitrogens with zero attached hydrogens (tertiary/aromatic N) is 2. The molecule has 6 heteroatoms. The van der Waals surface area contributed by atoms with Crippen molar-refractivity contribution in [3.05, 3.63) is 30.3 Å². The number of carbonyl (C=O) groups excluding carboxylic acids is 1. The number of aliphatic hydroxyl groups excluding tert-OH is 1. The number of hydrogen-bond acceptors (Lipinski definition) is 3. The Hall–Kier alpha value is -2.08. The Bertz CT molecular complexity index is 492. The summed E-state index contributed by atoms with van der Waals surface area (Å²) < 4.78 is 0. The van der Waals surface area contributed by atoms with Gasteiger partial charge in [-0.3, -0.25) is 9.69 Å². The smallest absolute Gasteiger partial charge is 0.324 e. The molecule has 1 aliphatic heterocycles. The summed E-state index contributed by atoms with van der Waals surface area (Å²) in [5, 5.41) is 18.0. The van der Waals surface area contributed by atoms with Crippen LogP contribution in [0.25, 0.3) is 0 Å². The first-order chi connectivity index (χ1) is 10.1. The Labute approximate surface area is 123 Å². The SMILES string of the molecule is O=C(O)CCN(C(=O)N1CCC(CO)C1)c1ccccc1. The van der Waals surface area contributed by atoms with Crippen molar-refractivity contribution >= 4 is 17.7 Å². The van der Waals surface area contributed by atoms with Gasteiger partial charge in [0.05, 0.1) is 6.42 Å². The zero-order valence-electron chi connectivity index (χ0n) is 11.8. The second kappa shape index (κ2) is 7.08. The quantitative estimate of drug-likeness (QED) is 0.859. The molecule has 114 valence electrons. The van der Waals surface area contributed by atoms with Crippen molar-refractivity contribution in [2.45, 2.75) is 12.8 Å². The van der Waals surface area contributed by atoms with E-state index in [4.69, 9.17) is 10.2 Å². The maximum Gasteiger partial charge on any atom is 0.324 e. The molecule has 0 saturated carbocycles. The van der Waals surface area contributed by atoms with Crippen LogP contribution in [0.2, 0.25) is 0 Å². The standard InChI is InChI=1S/C15H20N2O4/c18-11-12-6-8-16(10-12)15(21)17(9-7-14(19)20)13-4-2-1-3-5-13/h1-5,12,18H,6-11H2,(H,19,20). The van der Waals surface area contributed by atoms with E-state index in [2.05, 4.69) is 0 Å². The Morgan fingerprint density at radius 2 is 2.00 bits per heavy atom. The van der Waals surface area contributed by atoms with Crippen LogP contribution in [0.4, 0.5) is 10.5 Å². The predicted molar refractivity (Wildman–Crippen MR) is 78.2 cm³/mol. The molecule has 1 atom stereocenters. The highest BCUT2D eigenvalue weighted by molar-refractivity contribution is 5.92. The maximum absolute atomic E-state index is 12.6. The lowest BCUT2D eigenvalue weighted by Crippen LogP contribution is -2.43.